The summed E-state index contributed by atoms with van der Waals surface area (Å²) in [5.74, 6) is -1.00. The lowest BCUT2D eigenvalue weighted by Crippen LogP contribution is -2.70. The summed E-state index contributed by atoms with van der Waals surface area (Å²) in [6.07, 6.45) is 0.404. The van der Waals surface area contributed by atoms with Gasteiger partial charge in [-0.15, -0.1) is 0 Å². The van der Waals surface area contributed by atoms with Gasteiger partial charge in [0.1, 0.15) is 6.61 Å². The molecule has 1 saturated heterocycles. The molecule has 6 heteroatoms. The summed E-state index contributed by atoms with van der Waals surface area (Å²) in [5.41, 5.74) is 1.40. The van der Waals surface area contributed by atoms with Crippen molar-refractivity contribution in [3.8, 4) is 0 Å². The number of hydrogen-bond acceptors (Lipinski definition) is 4. The van der Waals surface area contributed by atoms with E-state index >= 15 is 0 Å². The first-order chi connectivity index (χ1) is 13.9. The van der Waals surface area contributed by atoms with Crippen LogP contribution in [0.5, 0.6) is 0 Å². The fourth-order valence-corrected chi connectivity index (χ4v) is 4.44. The number of carbonyl (C=O) groups excluding carboxylic acids is 3. The topological polar surface area (TPSA) is 66.9 Å². The van der Waals surface area contributed by atoms with Gasteiger partial charge in [-0.3, -0.25) is 14.5 Å². The summed E-state index contributed by atoms with van der Waals surface area (Å²) < 4.78 is 5.69. The maximum atomic E-state index is 13.5. The Morgan fingerprint density at radius 3 is 2.62 bits per heavy atom. The van der Waals surface area contributed by atoms with Crippen LogP contribution in [0.15, 0.2) is 48.5 Å². The Labute approximate surface area is 170 Å². The zero-order valence-corrected chi connectivity index (χ0v) is 16.8. The third-order valence-corrected chi connectivity index (χ3v) is 5.60. The van der Waals surface area contributed by atoms with Gasteiger partial charge in [0.2, 0.25) is 11.6 Å². The van der Waals surface area contributed by atoms with Gasteiger partial charge in [0.25, 0.3) is 5.91 Å². The average molecular weight is 392 g/mol. The van der Waals surface area contributed by atoms with Crippen molar-refractivity contribution in [1.29, 1.82) is 0 Å². The van der Waals surface area contributed by atoms with E-state index in [9.17, 15) is 14.4 Å². The maximum Gasteiger partial charge on any atom is 0.354 e. The Morgan fingerprint density at radius 1 is 1.14 bits per heavy atom. The first kappa shape index (κ1) is 19.2. The van der Waals surface area contributed by atoms with Crippen LogP contribution >= 0.6 is 0 Å². The van der Waals surface area contributed by atoms with E-state index in [1.165, 1.54) is 9.80 Å². The molecular formula is C23H24N2O4. The predicted octanol–water partition coefficient (Wildman–Crippen LogP) is 3.43. The molecule has 4 rings (SSSR count). The minimum absolute atomic E-state index is 0.0894. The highest BCUT2D eigenvalue weighted by molar-refractivity contribution is 6.15. The molecule has 1 atom stereocenters. The first-order valence-electron chi connectivity index (χ1n) is 9.85. The van der Waals surface area contributed by atoms with Gasteiger partial charge in [-0.2, -0.15) is 0 Å². The zero-order valence-electron chi connectivity index (χ0n) is 16.8. The smallest absolute Gasteiger partial charge is 0.354 e. The Kier molecular flexibility index (Phi) is 4.65. The number of fused-ring (bicyclic) bond motifs is 3. The van der Waals surface area contributed by atoms with E-state index in [2.05, 4.69) is 0 Å². The number of hydrogen-bond donors (Lipinski definition) is 0. The van der Waals surface area contributed by atoms with E-state index in [4.69, 9.17) is 4.74 Å². The highest BCUT2D eigenvalue weighted by Gasteiger charge is 2.62. The van der Waals surface area contributed by atoms with Gasteiger partial charge in [-0.1, -0.05) is 42.0 Å². The summed E-state index contributed by atoms with van der Waals surface area (Å²) in [6, 6.07) is 14.4. The third-order valence-electron chi connectivity index (χ3n) is 5.60. The lowest BCUT2D eigenvalue weighted by molar-refractivity contribution is -0.159. The molecule has 150 valence electrons. The van der Waals surface area contributed by atoms with Crippen molar-refractivity contribution >= 4 is 23.5 Å². The highest BCUT2D eigenvalue weighted by Crippen LogP contribution is 2.46. The van der Waals surface area contributed by atoms with E-state index < -0.39 is 11.6 Å². The molecule has 2 aromatic rings. The molecule has 29 heavy (non-hydrogen) atoms. The number of amides is 2. The van der Waals surface area contributed by atoms with Crippen molar-refractivity contribution in [2.75, 3.05) is 4.90 Å². The molecule has 1 fully saturated rings. The van der Waals surface area contributed by atoms with Crippen LogP contribution in [0.4, 0.5) is 5.69 Å². The van der Waals surface area contributed by atoms with Gasteiger partial charge in [0, 0.05) is 18.9 Å². The number of ether oxygens (including phenoxy) is 1. The monoisotopic (exact) mass is 392 g/mol. The molecule has 2 amide bonds. The summed E-state index contributed by atoms with van der Waals surface area (Å²) in [6.45, 7) is 5.76. The first-order valence-corrected chi connectivity index (χ1v) is 9.85. The number of aryl methyl sites for hydroxylation is 1. The van der Waals surface area contributed by atoms with Gasteiger partial charge in [0.05, 0.1) is 11.3 Å². The molecule has 0 aliphatic carbocycles. The van der Waals surface area contributed by atoms with Crippen LogP contribution in [-0.4, -0.2) is 34.4 Å². The number of anilines is 1. The Bertz CT molecular complexity index is 1000. The minimum atomic E-state index is -1.44. The van der Waals surface area contributed by atoms with Crippen LogP contribution in [0.25, 0.3) is 0 Å². The molecular weight excluding hydrogens is 368 g/mol. The molecule has 0 unspecified atom stereocenters. The van der Waals surface area contributed by atoms with Gasteiger partial charge in [0.15, 0.2) is 0 Å². The molecule has 2 heterocycles. The van der Waals surface area contributed by atoms with Crippen LogP contribution < -0.4 is 4.90 Å². The molecule has 0 saturated carbocycles. The second-order valence-corrected chi connectivity index (χ2v) is 7.90. The predicted molar refractivity (Wildman–Crippen MR) is 108 cm³/mol. The third kappa shape index (κ3) is 2.90. The Balaban J connectivity index is 1.76. The molecule has 6 nitrogen and oxygen atoms in total. The Morgan fingerprint density at radius 2 is 1.90 bits per heavy atom. The van der Waals surface area contributed by atoms with Crippen molar-refractivity contribution in [3.05, 3.63) is 65.2 Å². The second-order valence-electron chi connectivity index (χ2n) is 7.90. The second kappa shape index (κ2) is 7.03. The van der Waals surface area contributed by atoms with E-state index in [0.717, 1.165) is 11.1 Å². The van der Waals surface area contributed by atoms with Gasteiger partial charge >= 0.3 is 5.97 Å². The molecule has 0 aromatic heterocycles. The van der Waals surface area contributed by atoms with E-state index in [-0.39, 0.29) is 37.3 Å². The normalized spacial score (nSPS) is 20.7. The number of benzene rings is 2. The number of rotatable bonds is 4. The van der Waals surface area contributed by atoms with Crippen molar-refractivity contribution in [3.63, 3.8) is 0 Å². The summed E-state index contributed by atoms with van der Waals surface area (Å²) >= 11 is 0. The maximum absolute atomic E-state index is 13.5. The fourth-order valence-electron chi connectivity index (χ4n) is 4.44. The fraction of sp³-hybridized carbons (Fsp3) is 0.348. The quantitative estimate of drug-likeness (QED) is 0.748. The number of esters is 1. The standard InChI is InChI=1S/C23H24N2O4/c1-15(2)24-21(27)18-9-4-5-10-19(18)25-20(26)11-12-23(24,25)22(28)29-14-17-8-6-7-16(3)13-17/h4-10,13,15H,11-12,14H2,1-3H3/t23-/m0/s1. The lowest BCUT2D eigenvalue weighted by Gasteiger charge is -2.50. The number of para-hydroxylation sites is 1. The molecule has 0 spiro atoms. The Hall–Kier alpha value is -3.15. The number of carbonyl (C=O) groups is 3. The van der Waals surface area contributed by atoms with Crippen molar-refractivity contribution < 1.29 is 19.1 Å². The van der Waals surface area contributed by atoms with Crippen molar-refractivity contribution in [2.24, 2.45) is 0 Å². The lowest BCUT2D eigenvalue weighted by atomic mass is 9.95. The van der Waals surface area contributed by atoms with Crippen LogP contribution in [0.3, 0.4) is 0 Å². The molecule has 0 N–H and O–H groups in total. The van der Waals surface area contributed by atoms with Gasteiger partial charge in [-0.25, -0.2) is 4.79 Å². The van der Waals surface area contributed by atoms with E-state index in [1.807, 2.05) is 45.0 Å². The zero-order chi connectivity index (χ0) is 20.8. The van der Waals surface area contributed by atoms with Gasteiger partial charge in [-0.05, 0) is 38.5 Å². The van der Waals surface area contributed by atoms with Crippen LogP contribution in [0, 0.1) is 6.92 Å². The van der Waals surface area contributed by atoms with E-state index in [1.54, 1.807) is 24.3 Å². The largest absolute Gasteiger partial charge is 0.458 e. The summed E-state index contributed by atoms with van der Waals surface area (Å²) in [7, 11) is 0. The highest BCUT2D eigenvalue weighted by atomic mass is 16.5. The average Bonchev–Trinajstić information content (AvgIpc) is 3.04. The van der Waals surface area contributed by atoms with Crippen molar-refractivity contribution in [1.82, 2.24) is 4.90 Å². The molecule has 2 aliphatic rings. The van der Waals surface area contributed by atoms with Crippen molar-refractivity contribution in [2.45, 2.75) is 51.9 Å². The van der Waals surface area contributed by atoms with E-state index in [0.29, 0.717) is 11.3 Å². The molecule has 0 bridgehead atoms. The van der Waals surface area contributed by atoms with Crippen LogP contribution in [-0.2, 0) is 20.9 Å². The molecule has 2 aliphatic heterocycles. The number of nitrogens with zero attached hydrogens (tertiary/aromatic N) is 2. The summed E-state index contributed by atoms with van der Waals surface area (Å²) in [4.78, 5) is 42.6. The van der Waals surface area contributed by atoms with Crippen LogP contribution in [0.2, 0.25) is 0 Å². The summed E-state index contributed by atoms with van der Waals surface area (Å²) in [5, 5.41) is 0. The van der Waals surface area contributed by atoms with Crippen LogP contribution in [0.1, 0.15) is 48.2 Å². The molecule has 2 aromatic carbocycles. The molecule has 0 radical (unpaired) electrons. The van der Waals surface area contributed by atoms with Gasteiger partial charge < -0.3 is 9.64 Å². The minimum Gasteiger partial charge on any atom is -0.458 e. The SMILES string of the molecule is Cc1cccc(COC(=O)[C@]23CCC(=O)N2c2ccccc2C(=O)N3C(C)C)c1.